The molecule has 0 aliphatic rings. The second-order valence-electron chi connectivity index (χ2n) is 14.1. The van der Waals surface area contributed by atoms with Crippen LogP contribution in [-0.2, 0) is 36.8 Å². The van der Waals surface area contributed by atoms with Crippen LogP contribution in [0.5, 0.6) is 0 Å². The fourth-order valence-electron chi connectivity index (χ4n) is 6.19. The van der Waals surface area contributed by atoms with E-state index in [1.807, 2.05) is 68.4 Å². The SMILES string of the molecule is CC(C)C[C@H](NC(=O)CNC(=O)[C@H](Cc1ccccc1)NC(=O)c1ccccc1)C(=O)N[C@@H](CCCN=C(N)N)C(=O)N[C@@H](Cc1c[nH]c2ccccc12)C(N)=O. The second kappa shape index (κ2) is 21.4. The van der Waals surface area contributed by atoms with Crippen LogP contribution in [0.4, 0.5) is 0 Å². The summed E-state index contributed by atoms with van der Waals surface area (Å²) in [6.07, 6.45) is 2.58. The highest BCUT2D eigenvalue weighted by Crippen LogP contribution is 2.19. The number of hydrogen-bond donors (Lipinski definition) is 9. The van der Waals surface area contributed by atoms with E-state index >= 15 is 0 Å². The Morgan fingerprint density at radius 1 is 0.684 bits per heavy atom. The number of aliphatic imine (C=N–C) groups is 1. The lowest BCUT2D eigenvalue weighted by Gasteiger charge is -2.26. The van der Waals surface area contributed by atoms with Gasteiger partial charge in [-0.25, -0.2) is 0 Å². The number of para-hydroxylation sites is 1. The summed E-state index contributed by atoms with van der Waals surface area (Å²) in [6.45, 7) is 3.39. The number of fused-ring (bicyclic) bond motifs is 1. The lowest BCUT2D eigenvalue weighted by Crippen LogP contribution is -2.57. The standard InChI is InChI=1S/C41H52N10O6/c1-25(2)20-33(48-35(52)24-47-38(55)34(21-26-12-5-3-6-13-26)51-37(54)27-14-7-4-8-15-27)40(57)49-31(18-11-19-45-41(43)44)39(56)50-32(36(42)53)22-28-23-46-30-17-10-9-16-29(28)30/h3-10,12-17,23,25,31-34,46H,11,18-22,24H2,1-2H3,(H2,42,53)(H,47,55)(H,48,52)(H,49,57)(H,50,56)(H,51,54)(H4,43,44,45)/t31-,32-,33-,34-/m0/s1. The molecule has 1 heterocycles. The molecule has 0 saturated carbocycles. The molecule has 16 heteroatoms. The predicted molar refractivity (Wildman–Crippen MR) is 217 cm³/mol. The van der Waals surface area contributed by atoms with E-state index in [9.17, 15) is 28.8 Å². The molecule has 0 bridgehead atoms. The van der Waals surface area contributed by atoms with Crippen LogP contribution >= 0.6 is 0 Å². The number of primary amides is 1. The largest absolute Gasteiger partial charge is 0.370 e. The number of nitrogens with zero attached hydrogens (tertiary/aromatic N) is 1. The molecule has 4 atom stereocenters. The summed E-state index contributed by atoms with van der Waals surface area (Å²) in [5.74, 6) is -4.02. The first-order valence-electron chi connectivity index (χ1n) is 18.8. The molecular weight excluding hydrogens is 729 g/mol. The molecule has 0 aliphatic heterocycles. The van der Waals surface area contributed by atoms with Gasteiger partial charge in [-0.2, -0.15) is 0 Å². The molecule has 1 aromatic heterocycles. The molecule has 302 valence electrons. The molecule has 0 spiro atoms. The van der Waals surface area contributed by atoms with Crippen molar-refractivity contribution in [2.45, 2.75) is 70.1 Å². The van der Waals surface area contributed by atoms with Crippen LogP contribution < -0.4 is 43.8 Å². The van der Waals surface area contributed by atoms with E-state index in [0.717, 1.165) is 22.0 Å². The molecule has 16 nitrogen and oxygen atoms in total. The van der Waals surface area contributed by atoms with E-state index in [0.29, 0.717) is 5.56 Å². The highest BCUT2D eigenvalue weighted by atomic mass is 16.2. The lowest BCUT2D eigenvalue weighted by atomic mass is 10.0. The van der Waals surface area contributed by atoms with Crippen molar-refractivity contribution in [3.63, 3.8) is 0 Å². The number of nitrogens with two attached hydrogens (primary N) is 3. The van der Waals surface area contributed by atoms with E-state index in [1.54, 1.807) is 36.5 Å². The number of aromatic amines is 1. The number of rotatable bonds is 21. The lowest BCUT2D eigenvalue weighted by molar-refractivity contribution is -0.133. The summed E-state index contributed by atoms with van der Waals surface area (Å²) >= 11 is 0. The molecule has 6 amide bonds. The fourth-order valence-corrected chi connectivity index (χ4v) is 6.19. The summed E-state index contributed by atoms with van der Waals surface area (Å²) in [6, 6.07) is 20.7. The zero-order valence-corrected chi connectivity index (χ0v) is 32.1. The zero-order valence-electron chi connectivity index (χ0n) is 32.1. The molecule has 4 rings (SSSR count). The van der Waals surface area contributed by atoms with E-state index in [2.05, 4.69) is 36.6 Å². The summed E-state index contributed by atoms with van der Waals surface area (Å²) in [4.78, 5) is 86.8. The Hall–Kier alpha value is -6.71. The Labute approximate surface area is 331 Å². The van der Waals surface area contributed by atoms with Crippen LogP contribution in [0.1, 0.15) is 54.6 Å². The van der Waals surface area contributed by atoms with E-state index < -0.39 is 66.2 Å². The van der Waals surface area contributed by atoms with Crippen LogP contribution in [0, 0.1) is 5.92 Å². The van der Waals surface area contributed by atoms with E-state index in [4.69, 9.17) is 17.2 Å². The Balaban J connectivity index is 1.43. The maximum absolute atomic E-state index is 13.8. The van der Waals surface area contributed by atoms with Gasteiger partial charge >= 0.3 is 0 Å². The number of nitrogens with one attached hydrogen (secondary N) is 6. The minimum atomic E-state index is -1.16. The molecule has 0 radical (unpaired) electrons. The van der Waals surface area contributed by atoms with Crippen molar-refractivity contribution in [3.05, 3.63) is 108 Å². The van der Waals surface area contributed by atoms with Gasteiger partial charge in [-0.1, -0.05) is 80.6 Å². The van der Waals surface area contributed by atoms with Gasteiger partial charge in [0, 0.05) is 42.0 Å². The number of guanidine groups is 1. The Bertz CT molecular complexity index is 2010. The molecule has 0 saturated heterocycles. The third-order valence-corrected chi connectivity index (χ3v) is 9.06. The van der Waals surface area contributed by atoms with Gasteiger partial charge in [0.15, 0.2) is 5.96 Å². The van der Waals surface area contributed by atoms with Crippen LogP contribution in [-0.4, -0.2) is 83.6 Å². The third-order valence-electron chi connectivity index (χ3n) is 9.06. The highest BCUT2D eigenvalue weighted by Gasteiger charge is 2.30. The molecule has 0 unspecified atom stereocenters. The summed E-state index contributed by atoms with van der Waals surface area (Å²) in [5, 5.41) is 14.3. The second-order valence-corrected chi connectivity index (χ2v) is 14.1. The summed E-state index contributed by atoms with van der Waals surface area (Å²) < 4.78 is 0. The minimum Gasteiger partial charge on any atom is -0.370 e. The summed E-state index contributed by atoms with van der Waals surface area (Å²) in [5.41, 5.74) is 19.4. The summed E-state index contributed by atoms with van der Waals surface area (Å²) in [7, 11) is 0. The van der Waals surface area contributed by atoms with Gasteiger partial charge in [-0.15, -0.1) is 0 Å². The normalized spacial score (nSPS) is 13.0. The first-order chi connectivity index (χ1) is 27.3. The number of carbonyl (C=O) groups is 6. The van der Waals surface area contributed by atoms with Gasteiger partial charge < -0.3 is 48.8 Å². The molecule has 0 aliphatic carbocycles. The molecule has 4 aromatic rings. The Morgan fingerprint density at radius 3 is 1.98 bits per heavy atom. The van der Waals surface area contributed by atoms with Gasteiger partial charge in [0.05, 0.1) is 6.54 Å². The first kappa shape index (κ1) is 43.0. The first-order valence-corrected chi connectivity index (χ1v) is 18.8. The van der Waals surface area contributed by atoms with Crippen molar-refractivity contribution in [3.8, 4) is 0 Å². The van der Waals surface area contributed by atoms with Gasteiger partial charge in [0.25, 0.3) is 5.91 Å². The average Bonchev–Trinajstić information content (AvgIpc) is 3.60. The van der Waals surface area contributed by atoms with Crippen LogP contribution in [0.2, 0.25) is 0 Å². The van der Waals surface area contributed by atoms with Gasteiger partial charge in [0.2, 0.25) is 29.5 Å². The maximum atomic E-state index is 13.8. The average molecular weight is 781 g/mol. The van der Waals surface area contributed by atoms with Crippen LogP contribution in [0.15, 0.2) is 96.1 Å². The van der Waals surface area contributed by atoms with E-state index in [-0.39, 0.29) is 50.5 Å². The maximum Gasteiger partial charge on any atom is 0.251 e. The van der Waals surface area contributed by atoms with Crippen molar-refractivity contribution in [1.29, 1.82) is 0 Å². The molecule has 57 heavy (non-hydrogen) atoms. The Kier molecular flexibility index (Phi) is 16.2. The number of carbonyl (C=O) groups excluding carboxylic acids is 6. The van der Waals surface area contributed by atoms with Crippen molar-refractivity contribution < 1.29 is 28.8 Å². The monoisotopic (exact) mass is 780 g/mol. The van der Waals surface area contributed by atoms with Crippen LogP contribution in [0.25, 0.3) is 10.9 Å². The van der Waals surface area contributed by atoms with E-state index in [1.165, 1.54) is 0 Å². The van der Waals surface area contributed by atoms with Crippen molar-refractivity contribution in [2.75, 3.05) is 13.1 Å². The smallest absolute Gasteiger partial charge is 0.251 e. The minimum absolute atomic E-state index is 0.0661. The number of aromatic nitrogens is 1. The van der Waals surface area contributed by atoms with Gasteiger partial charge in [0.1, 0.15) is 24.2 Å². The number of H-pyrrole nitrogens is 1. The molecule has 0 fully saturated rings. The molecule has 3 aromatic carbocycles. The quantitative estimate of drug-likeness (QED) is 0.0332. The highest BCUT2D eigenvalue weighted by molar-refractivity contribution is 5.99. The van der Waals surface area contributed by atoms with Crippen molar-refractivity contribution in [1.82, 2.24) is 31.6 Å². The number of hydrogen-bond acceptors (Lipinski definition) is 7. The van der Waals surface area contributed by atoms with Crippen molar-refractivity contribution >= 4 is 52.3 Å². The number of amides is 6. The topological polar surface area (TPSA) is 269 Å². The van der Waals surface area contributed by atoms with Crippen molar-refractivity contribution in [2.24, 2.45) is 28.1 Å². The predicted octanol–water partition coefficient (Wildman–Crippen LogP) is 0.907. The number of benzene rings is 3. The van der Waals surface area contributed by atoms with Gasteiger partial charge in [-0.3, -0.25) is 33.8 Å². The third kappa shape index (κ3) is 13.8. The zero-order chi connectivity index (χ0) is 41.3. The van der Waals surface area contributed by atoms with Gasteiger partial charge in [-0.05, 0) is 54.5 Å². The molecular formula is C41H52N10O6. The Morgan fingerprint density at radius 2 is 1.32 bits per heavy atom. The molecule has 12 N–H and O–H groups in total. The fraction of sp³-hybridized carbons (Fsp3) is 0.341. The van der Waals surface area contributed by atoms with Crippen LogP contribution in [0.3, 0.4) is 0 Å².